The zero-order chi connectivity index (χ0) is 15.3. The second-order valence-corrected chi connectivity index (χ2v) is 5.86. The maximum atomic E-state index is 11.5. The van der Waals surface area contributed by atoms with Crippen LogP contribution in [-0.4, -0.2) is 35.6 Å². The maximum Gasteiger partial charge on any atom is 0.224 e. The summed E-state index contributed by atoms with van der Waals surface area (Å²) in [7, 11) is 0. The molecule has 1 amide bonds. The summed E-state index contributed by atoms with van der Waals surface area (Å²) in [6, 6.07) is 8.10. The molecule has 2 rings (SSSR count). The molecule has 0 aromatic heterocycles. The Morgan fingerprint density at radius 3 is 2.71 bits per heavy atom. The SMILES string of the molecule is CC1(C(N)=O)CCN(Cc2ccc(C#CCCO)cc2)C1. The number of nitrogens with zero attached hydrogens (tertiary/aromatic N) is 1. The third kappa shape index (κ3) is 4.07. The van der Waals surface area contributed by atoms with Crippen LogP contribution in [0.3, 0.4) is 0 Å². The fraction of sp³-hybridized carbons (Fsp3) is 0.471. The van der Waals surface area contributed by atoms with Crippen molar-refractivity contribution in [1.82, 2.24) is 4.90 Å². The van der Waals surface area contributed by atoms with Crippen LogP contribution in [0, 0.1) is 17.3 Å². The van der Waals surface area contributed by atoms with Gasteiger partial charge in [-0.15, -0.1) is 0 Å². The topological polar surface area (TPSA) is 66.6 Å². The summed E-state index contributed by atoms with van der Waals surface area (Å²) in [5.74, 6) is 5.71. The van der Waals surface area contributed by atoms with Crippen LogP contribution in [0.2, 0.25) is 0 Å². The molecular formula is C17H22N2O2. The molecule has 1 aliphatic rings. The van der Waals surface area contributed by atoms with E-state index in [0.717, 1.165) is 31.6 Å². The van der Waals surface area contributed by atoms with E-state index in [2.05, 4.69) is 28.9 Å². The predicted molar refractivity (Wildman–Crippen MR) is 82.2 cm³/mol. The fourth-order valence-electron chi connectivity index (χ4n) is 2.56. The summed E-state index contributed by atoms with van der Waals surface area (Å²) in [5, 5.41) is 8.69. The molecule has 0 saturated carbocycles. The van der Waals surface area contributed by atoms with Gasteiger partial charge < -0.3 is 10.8 Å². The average molecular weight is 286 g/mol. The number of likely N-dealkylation sites (tertiary alicyclic amines) is 1. The Balaban J connectivity index is 1.93. The van der Waals surface area contributed by atoms with E-state index >= 15 is 0 Å². The summed E-state index contributed by atoms with van der Waals surface area (Å²) in [5.41, 5.74) is 7.23. The van der Waals surface area contributed by atoms with Crippen LogP contribution in [0.1, 0.15) is 30.9 Å². The molecule has 0 radical (unpaired) electrons. The van der Waals surface area contributed by atoms with Crippen molar-refractivity contribution < 1.29 is 9.90 Å². The molecule has 1 saturated heterocycles. The third-order valence-electron chi connectivity index (χ3n) is 3.98. The van der Waals surface area contributed by atoms with Crippen molar-refractivity contribution in [3.05, 3.63) is 35.4 Å². The van der Waals surface area contributed by atoms with Crippen molar-refractivity contribution in [2.45, 2.75) is 26.3 Å². The van der Waals surface area contributed by atoms with E-state index in [9.17, 15) is 4.79 Å². The van der Waals surface area contributed by atoms with Crippen LogP contribution in [0.4, 0.5) is 0 Å². The van der Waals surface area contributed by atoms with Crippen LogP contribution < -0.4 is 5.73 Å². The smallest absolute Gasteiger partial charge is 0.224 e. The summed E-state index contributed by atoms with van der Waals surface area (Å²) >= 11 is 0. The summed E-state index contributed by atoms with van der Waals surface area (Å²) in [4.78, 5) is 13.7. The first kappa shape index (κ1) is 15.6. The van der Waals surface area contributed by atoms with E-state index in [0.29, 0.717) is 6.42 Å². The first-order valence-electron chi connectivity index (χ1n) is 7.24. The average Bonchev–Trinajstić information content (AvgIpc) is 2.84. The van der Waals surface area contributed by atoms with Gasteiger partial charge in [-0.3, -0.25) is 9.69 Å². The molecular weight excluding hydrogens is 264 g/mol. The first-order chi connectivity index (χ1) is 10.0. The normalized spacial score (nSPS) is 21.8. The van der Waals surface area contributed by atoms with Gasteiger partial charge in [-0.2, -0.15) is 0 Å². The van der Waals surface area contributed by atoms with Crippen molar-refractivity contribution in [3.8, 4) is 11.8 Å². The standard InChI is InChI=1S/C17H22N2O2/c1-17(16(18)21)9-10-19(13-17)12-15-7-5-14(6-8-15)4-2-3-11-20/h5-8,20H,3,9-13H2,1H3,(H2,18,21). The summed E-state index contributed by atoms with van der Waals surface area (Å²) in [6.07, 6.45) is 1.33. The van der Waals surface area contributed by atoms with Crippen LogP contribution in [-0.2, 0) is 11.3 Å². The van der Waals surface area contributed by atoms with E-state index in [1.807, 2.05) is 19.1 Å². The number of carbonyl (C=O) groups is 1. The highest BCUT2D eigenvalue weighted by molar-refractivity contribution is 5.81. The van der Waals surface area contributed by atoms with Gasteiger partial charge in [0, 0.05) is 25.1 Å². The first-order valence-corrected chi connectivity index (χ1v) is 7.24. The predicted octanol–water partition coefficient (Wildman–Crippen LogP) is 1.12. The van der Waals surface area contributed by atoms with Gasteiger partial charge >= 0.3 is 0 Å². The summed E-state index contributed by atoms with van der Waals surface area (Å²) in [6.45, 7) is 4.49. The van der Waals surface area contributed by atoms with Gasteiger partial charge in [-0.25, -0.2) is 0 Å². The van der Waals surface area contributed by atoms with Gasteiger partial charge in [0.05, 0.1) is 12.0 Å². The fourth-order valence-corrected chi connectivity index (χ4v) is 2.56. The van der Waals surface area contributed by atoms with Crippen molar-refractivity contribution in [1.29, 1.82) is 0 Å². The number of hydrogen-bond donors (Lipinski definition) is 2. The summed E-state index contributed by atoms with van der Waals surface area (Å²) < 4.78 is 0. The minimum atomic E-state index is -0.393. The molecule has 112 valence electrons. The molecule has 3 N–H and O–H groups in total. The molecule has 0 spiro atoms. The number of nitrogens with two attached hydrogens (primary N) is 1. The Morgan fingerprint density at radius 1 is 1.43 bits per heavy atom. The number of amides is 1. The highest BCUT2D eigenvalue weighted by atomic mass is 16.2. The lowest BCUT2D eigenvalue weighted by atomic mass is 9.89. The Hall–Kier alpha value is -1.83. The van der Waals surface area contributed by atoms with Gasteiger partial charge in [-0.1, -0.05) is 24.0 Å². The lowest BCUT2D eigenvalue weighted by Gasteiger charge is -2.21. The van der Waals surface area contributed by atoms with Gasteiger partial charge in [0.25, 0.3) is 0 Å². The molecule has 1 unspecified atom stereocenters. The van der Waals surface area contributed by atoms with Crippen molar-refractivity contribution >= 4 is 5.91 Å². The minimum Gasteiger partial charge on any atom is -0.395 e. The van der Waals surface area contributed by atoms with Gasteiger partial charge in [0.2, 0.25) is 5.91 Å². The molecule has 21 heavy (non-hydrogen) atoms. The lowest BCUT2D eigenvalue weighted by molar-refractivity contribution is -0.126. The Morgan fingerprint density at radius 2 is 2.14 bits per heavy atom. The second kappa shape index (κ2) is 6.75. The Bertz CT molecular complexity index is 556. The van der Waals surface area contributed by atoms with E-state index in [-0.39, 0.29) is 12.5 Å². The van der Waals surface area contributed by atoms with E-state index in [4.69, 9.17) is 10.8 Å². The number of aliphatic hydroxyl groups excluding tert-OH is 1. The molecule has 1 atom stereocenters. The van der Waals surface area contributed by atoms with Crippen LogP contribution >= 0.6 is 0 Å². The molecule has 0 bridgehead atoms. The zero-order valence-electron chi connectivity index (χ0n) is 12.4. The Kier molecular flexibility index (Phi) is 5.00. The highest BCUT2D eigenvalue weighted by Gasteiger charge is 2.38. The number of primary amides is 1. The molecule has 4 nitrogen and oxygen atoms in total. The zero-order valence-corrected chi connectivity index (χ0v) is 12.4. The van der Waals surface area contributed by atoms with E-state index in [1.54, 1.807) is 0 Å². The van der Waals surface area contributed by atoms with Crippen molar-refractivity contribution in [3.63, 3.8) is 0 Å². The number of aliphatic hydroxyl groups is 1. The molecule has 1 heterocycles. The number of rotatable bonds is 4. The lowest BCUT2D eigenvalue weighted by Crippen LogP contribution is -2.36. The van der Waals surface area contributed by atoms with Gasteiger partial charge in [-0.05, 0) is 37.6 Å². The van der Waals surface area contributed by atoms with Crippen LogP contribution in [0.15, 0.2) is 24.3 Å². The monoisotopic (exact) mass is 286 g/mol. The number of carbonyl (C=O) groups excluding carboxylic acids is 1. The highest BCUT2D eigenvalue weighted by Crippen LogP contribution is 2.30. The Labute approximate surface area is 125 Å². The van der Waals surface area contributed by atoms with Crippen LogP contribution in [0.5, 0.6) is 0 Å². The molecule has 1 aromatic rings. The van der Waals surface area contributed by atoms with Crippen molar-refractivity contribution in [2.75, 3.05) is 19.7 Å². The molecule has 1 aliphatic heterocycles. The van der Waals surface area contributed by atoms with Crippen LogP contribution in [0.25, 0.3) is 0 Å². The van der Waals surface area contributed by atoms with Gasteiger partial charge in [0.15, 0.2) is 0 Å². The van der Waals surface area contributed by atoms with E-state index < -0.39 is 5.41 Å². The van der Waals surface area contributed by atoms with Crippen molar-refractivity contribution in [2.24, 2.45) is 11.1 Å². The molecule has 1 fully saturated rings. The molecule has 0 aliphatic carbocycles. The minimum absolute atomic E-state index is 0.0959. The molecule has 4 heteroatoms. The molecule has 1 aromatic carbocycles. The largest absolute Gasteiger partial charge is 0.395 e. The third-order valence-corrected chi connectivity index (χ3v) is 3.98. The number of benzene rings is 1. The maximum absolute atomic E-state index is 11.5. The van der Waals surface area contributed by atoms with E-state index in [1.165, 1.54) is 5.56 Å². The second-order valence-electron chi connectivity index (χ2n) is 5.86. The number of hydrogen-bond acceptors (Lipinski definition) is 3. The quantitative estimate of drug-likeness (QED) is 0.815. The van der Waals surface area contributed by atoms with Gasteiger partial charge in [0.1, 0.15) is 0 Å².